The number of hydrogen-bond donors (Lipinski definition) is 3. The molecule has 5 rings (SSSR count). The highest BCUT2D eigenvalue weighted by atomic mass is 32.1. The molecular weight excluding hydrogens is 424 g/mol. The molecule has 3 atom stereocenters. The Hall–Kier alpha value is -2.72. The van der Waals surface area contributed by atoms with Gasteiger partial charge in [-0.15, -0.1) is 11.3 Å². The van der Waals surface area contributed by atoms with Crippen LogP contribution in [0.25, 0.3) is 10.2 Å². The standard InChI is InChI=1S/C22H30N8OS/c1-12-7-18(28-27-12)25-21-20-17(8-13(2)32-20)24-22(26-21)23-14-9-15-5-6-16(10-14)30(15)19(31)11-29(3)4/h7-8,14-16H,5-6,9-11H2,1-4H3,(H3,23,24,25,26,27,28)/t14-,15-,16+. The number of fused-ring (bicyclic) bond motifs is 3. The molecule has 10 heteroatoms. The van der Waals surface area contributed by atoms with Gasteiger partial charge in [-0.25, -0.2) is 4.98 Å². The number of likely N-dealkylation sites (N-methyl/N-ethyl adjacent to an activating group) is 1. The Morgan fingerprint density at radius 2 is 1.97 bits per heavy atom. The maximum atomic E-state index is 12.7. The Balaban J connectivity index is 1.35. The van der Waals surface area contributed by atoms with E-state index in [2.05, 4.69) is 38.7 Å². The fourth-order valence-electron chi connectivity index (χ4n) is 5.04. The number of amides is 1. The first-order chi connectivity index (χ1) is 15.4. The SMILES string of the molecule is Cc1cc(Nc2nc(N[C@@H]3C[C@H]4CC[C@@H](C3)N4C(=O)CN(C)C)nc3cc(C)sc23)n[nH]1. The van der Waals surface area contributed by atoms with Crippen LogP contribution in [0.3, 0.4) is 0 Å². The highest BCUT2D eigenvalue weighted by molar-refractivity contribution is 7.19. The van der Waals surface area contributed by atoms with Crippen LogP contribution in [0, 0.1) is 13.8 Å². The van der Waals surface area contributed by atoms with Gasteiger partial charge in [0.25, 0.3) is 0 Å². The fraction of sp³-hybridized carbons (Fsp3) is 0.545. The summed E-state index contributed by atoms with van der Waals surface area (Å²) in [5.74, 6) is 2.38. The molecule has 3 aromatic rings. The van der Waals surface area contributed by atoms with Crippen molar-refractivity contribution in [1.82, 2.24) is 30.0 Å². The second-order valence-electron chi connectivity index (χ2n) is 9.26. The molecule has 0 radical (unpaired) electrons. The van der Waals surface area contributed by atoms with Gasteiger partial charge in [-0.1, -0.05) is 0 Å². The van der Waals surface area contributed by atoms with Gasteiger partial charge in [0.05, 0.1) is 16.8 Å². The largest absolute Gasteiger partial charge is 0.351 e. The van der Waals surface area contributed by atoms with Crippen molar-refractivity contribution in [3.05, 3.63) is 22.7 Å². The molecule has 170 valence electrons. The van der Waals surface area contributed by atoms with Crippen LogP contribution in [-0.2, 0) is 4.79 Å². The Labute approximate surface area is 191 Å². The zero-order valence-electron chi connectivity index (χ0n) is 19.0. The van der Waals surface area contributed by atoms with E-state index in [1.54, 1.807) is 11.3 Å². The number of rotatable bonds is 6. The Morgan fingerprint density at radius 3 is 2.62 bits per heavy atom. The van der Waals surface area contributed by atoms with Crippen molar-refractivity contribution in [2.75, 3.05) is 31.3 Å². The van der Waals surface area contributed by atoms with Gasteiger partial charge in [0, 0.05) is 34.8 Å². The van der Waals surface area contributed by atoms with E-state index >= 15 is 0 Å². The quantitative estimate of drug-likeness (QED) is 0.525. The molecule has 2 aliphatic rings. The first-order valence-corrected chi connectivity index (χ1v) is 12.0. The summed E-state index contributed by atoms with van der Waals surface area (Å²) in [4.78, 5) is 27.6. The summed E-state index contributed by atoms with van der Waals surface area (Å²) in [7, 11) is 3.90. The van der Waals surface area contributed by atoms with Gasteiger partial charge < -0.3 is 20.4 Å². The molecule has 0 unspecified atom stereocenters. The van der Waals surface area contributed by atoms with Crippen LogP contribution in [0.4, 0.5) is 17.6 Å². The Bertz CT molecular complexity index is 1120. The van der Waals surface area contributed by atoms with Gasteiger partial charge >= 0.3 is 0 Å². The lowest BCUT2D eigenvalue weighted by molar-refractivity contribution is -0.136. The van der Waals surface area contributed by atoms with Crippen molar-refractivity contribution in [2.45, 2.75) is 57.7 Å². The molecule has 5 heterocycles. The number of nitrogens with zero attached hydrogens (tertiary/aromatic N) is 5. The maximum Gasteiger partial charge on any atom is 0.237 e. The molecule has 2 saturated heterocycles. The predicted molar refractivity (Wildman–Crippen MR) is 128 cm³/mol. The molecule has 1 amide bonds. The molecule has 9 nitrogen and oxygen atoms in total. The highest BCUT2D eigenvalue weighted by Gasteiger charge is 2.43. The number of thiophene rings is 1. The number of aryl methyl sites for hydroxylation is 2. The summed E-state index contributed by atoms with van der Waals surface area (Å²) in [6, 6.07) is 4.92. The molecule has 32 heavy (non-hydrogen) atoms. The summed E-state index contributed by atoms with van der Waals surface area (Å²) < 4.78 is 1.03. The van der Waals surface area contributed by atoms with Crippen LogP contribution in [-0.4, -0.2) is 74.6 Å². The lowest BCUT2D eigenvalue weighted by atomic mass is 9.97. The molecule has 0 aliphatic carbocycles. The van der Waals surface area contributed by atoms with E-state index in [0.717, 1.165) is 53.2 Å². The van der Waals surface area contributed by atoms with Gasteiger partial charge in [0.15, 0.2) is 11.6 Å². The number of hydrogen-bond acceptors (Lipinski definition) is 8. The highest BCUT2D eigenvalue weighted by Crippen LogP contribution is 2.37. The monoisotopic (exact) mass is 454 g/mol. The number of carbonyl (C=O) groups excluding carboxylic acids is 1. The second-order valence-corrected chi connectivity index (χ2v) is 10.5. The van der Waals surface area contributed by atoms with Crippen LogP contribution in [0.5, 0.6) is 0 Å². The van der Waals surface area contributed by atoms with Crippen molar-refractivity contribution in [2.24, 2.45) is 0 Å². The molecule has 2 fully saturated rings. The maximum absolute atomic E-state index is 12.7. The van der Waals surface area contributed by atoms with Gasteiger partial charge in [0.2, 0.25) is 11.9 Å². The first kappa shape index (κ1) is 21.1. The predicted octanol–water partition coefficient (Wildman–Crippen LogP) is 3.27. The number of piperidine rings is 1. The number of H-pyrrole nitrogens is 1. The van der Waals surface area contributed by atoms with Gasteiger partial charge in [0.1, 0.15) is 0 Å². The van der Waals surface area contributed by atoms with E-state index in [1.807, 2.05) is 32.0 Å². The minimum atomic E-state index is 0.244. The van der Waals surface area contributed by atoms with E-state index in [9.17, 15) is 4.79 Å². The summed E-state index contributed by atoms with van der Waals surface area (Å²) >= 11 is 1.68. The van der Waals surface area contributed by atoms with Crippen molar-refractivity contribution in [3.8, 4) is 0 Å². The normalized spacial score (nSPS) is 22.7. The van der Waals surface area contributed by atoms with Crippen molar-refractivity contribution >= 4 is 45.0 Å². The number of carbonyl (C=O) groups is 1. The van der Waals surface area contributed by atoms with Crippen LogP contribution in [0.2, 0.25) is 0 Å². The summed E-state index contributed by atoms with van der Waals surface area (Å²) in [5.41, 5.74) is 1.92. The summed E-state index contributed by atoms with van der Waals surface area (Å²) in [6.45, 7) is 4.53. The van der Waals surface area contributed by atoms with Gasteiger partial charge in [-0.2, -0.15) is 10.1 Å². The van der Waals surface area contributed by atoms with E-state index in [1.165, 1.54) is 4.88 Å². The zero-order valence-corrected chi connectivity index (χ0v) is 19.8. The average molecular weight is 455 g/mol. The molecule has 0 spiro atoms. The van der Waals surface area contributed by atoms with E-state index < -0.39 is 0 Å². The second kappa shape index (κ2) is 8.32. The van der Waals surface area contributed by atoms with Gasteiger partial charge in [-0.3, -0.25) is 9.89 Å². The third-order valence-corrected chi connectivity index (χ3v) is 7.30. The van der Waals surface area contributed by atoms with Crippen LogP contribution < -0.4 is 10.6 Å². The molecule has 2 bridgehead atoms. The van der Waals surface area contributed by atoms with E-state index in [0.29, 0.717) is 24.6 Å². The van der Waals surface area contributed by atoms with E-state index in [4.69, 9.17) is 9.97 Å². The minimum Gasteiger partial charge on any atom is -0.351 e. The molecule has 2 aliphatic heterocycles. The van der Waals surface area contributed by atoms with Gasteiger partial charge in [-0.05, 0) is 59.7 Å². The van der Waals surface area contributed by atoms with Crippen LogP contribution >= 0.6 is 11.3 Å². The van der Waals surface area contributed by atoms with Crippen molar-refractivity contribution in [1.29, 1.82) is 0 Å². The number of aromatic nitrogens is 4. The number of anilines is 3. The van der Waals surface area contributed by atoms with E-state index in [-0.39, 0.29) is 11.9 Å². The lowest BCUT2D eigenvalue weighted by Crippen LogP contribution is -2.52. The molecule has 0 aromatic carbocycles. The van der Waals surface area contributed by atoms with Crippen LogP contribution in [0.15, 0.2) is 12.1 Å². The third kappa shape index (κ3) is 4.16. The molecule has 3 aromatic heterocycles. The van der Waals surface area contributed by atoms with Crippen molar-refractivity contribution in [3.63, 3.8) is 0 Å². The number of aromatic amines is 1. The minimum absolute atomic E-state index is 0.244. The van der Waals surface area contributed by atoms with Crippen molar-refractivity contribution < 1.29 is 4.79 Å². The summed E-state index contributed by atoms with van der Waals surface area (Å²) in [6.07, 6.45) is 4.02. The third-order valence-electron chi connectivity index (χ3n) is 6.25. The summed E-state index contributed by atoms with van der Waals surface area (Å²) in [5, 5.41) is 14.2. The molecular formula is C22H30N8OS. The Kier molecular flexibility index (Phi) is 5.50. The lowest BCUT2D eigenvalue weighted by Gasteiger charge is -2.39. The van der Waals surface area contributed by atoms with Crippen LogP contribution in [0.1, 0.15) is 36.3 Å². The Morgan fingerprint density at radius 1 is 1.22 bits per heavy atom. The topological polar surface area (TPSA) is 102 Å². The molecule has 0 saturated carbocycles. The zero-order chi connectivity index (χ0) is 22.4. The molecule has 3 N–H and O–H groups in total. The first-order valence-electron chi connectivity index (χ1n) is 11.2. The average Bonchev–Trinajstić information content (AvgIpc) is 3.37. The smallest absolute Gasteiger partial charge is 0.237 e. The number of nitrogens with one attached hydrogen (secondary N) is 3. The fourth-order valence-corrected chi connectivity index (χ4v) is 5.93.